The van der Waals surface area contributed by atoms with E-state index in [2.05, 4.69) is 57.7 Å². The van der Waals surface area contributed by atoms with E-state index in [0.717, 1.165) is 44.3 Å². The van der Waals surface area contributed by atoms with Gasteiger partial charge in [0.2, 0.25) is 0 Å². The molecular formula is C19H29N5S2. The summed E-state index contributed by atoms with van der Waals surface area (Å²) in [4.78, 5) is 14.4. The van der Waals surface area contributed by atoms with Gasteiger partial charge in [0, 0.05) is 55.4 Å². The first-order chi connectivity index (χ1) is 12.6. The molecule has 2 aromatic rings. The zero-order valence-corrected chi connectivity index (χ0v) is 17.8. The second-order valence-corrected chi connectivity index (χ2v) is 9.11. The maximum atomic E-state index is 4.59. The Kier molecular flexibility index (Phi) is 6.67. The Bertz CT molecular complexity index is 729. The number of nitrogens with zero attached hydrogens (tertiary/aromatic N) is 3. The summed E-state index contributed by atoms with van der Waals surface area (Å²) in [5.41, 5.74) is 2.65. The molecule has 0 bridgehead atoms. The number of aromatic nitrogens is 1. The van der Waals surface area contributed by atoms with Crippen molar-refractivity contribution in [3.63, 3.8) is 0 Å². The number of rotatable bonds is 6. The molecule has 7 heteroatoms. The first-order valence-corrected chi connectivity index (χ1v) is 10.9. The molecule has 1 atom stereocenters. The van der Waals surface area contributed by atoms with Gasteiger partial charge in [0.05, 0.1) is 10.7 Å². The molecular weight excluding hydrogens is 362 g/mol. The van der Waals surface area contributed by atoms with Crippen LogP contribution in [0, 0.1) is 13.8 Å². The van der Waals surface area contributed by atoms with E-state index in [1.807, 2.05) is 18.4 Å². The number of guanidine groups is 1. The highest BCUT2D eigenvalue weighted by molar-refractivity contribution is 7.11. The molecule has 2 N–H and O–H groups in total. The summed E-state index contributed by atoms with van der Waals surface area (Å²) >= 11 is 3.68. The maximum absolute atomic E-state index is 4.59. The highest BCUT2D eigenvalue weighted by atomic mass is 32.1. The van der Waals surface area contributed by atoms with E-state index in [1.165, 1.54) is 21.9 Å². The standard InChI is InChI=1S/C19H29N5S2/c1-13(24-9-6-17-16(12-24)7-10-25-17)11-22-19(20-4)21-8-5-18-23-14(2)15(3)26-18/h7,10,13H,5-6,8-9,11-12H2,1-4H3,(H2,20,21,22). The average Bonchev–Trinajstić information content (AvgIpc) is 3.23. The van der Waals surface area contributed by atoms with Gasteiger partial charge in [0.25, 0.3) is 0 Å². The van der Waals surface area contributed by atoms with E-state index >= 15 is 0 Å². The van der Waals surface area contributed by atoms with E-state index in [1.54, 1.807) is 16.2 Å². The van der Waals surface area contributed by atoms with E-state index in [4.69, 9.17) is 0 Å². The lowest BCUT2D eigenvalue weighted by atomic mass is 10.1. The molecule has 0 aliphatic carbocycles. The molecule has 1 unspecified atom stereocenters. The molecule has 0 fully saturated rings. The zero-order valence-electron chi connectivity index (χ0n) is 16.1. The summed E-state index contributed by atoms with van der Waals surface area (Å²) in [5.74, 6) is 0.870. The van der Waals surface area contributed by atoms with Crippen LogP contribution < -0.4 is 10.6 Å². The van der Waals surface area contributed by atoms with Gasteiger partial charge in [-0.2, -0.15) is 0 Å². The number of aliphatic imine (C=N–C) groups is 1. The van der Waals surface area contributed by atoms with Crippen LogP contribution in [0.4, 0.5) is 0 Å². The van der Waals surface area contributed by atoms with Gasteiger partial charge in [-0.25, -0.2) is 4.98 Å². The third-order valence-corrected chi connectivity index (χ3v) is 7.11. The van der Waals surface area contributed by atoms with Crippen LogP contribution in [0.3, 0.4) is 0 Å². The van der Waals surface area contributed by atoms with E-state index in [-0.39, 0.29) is 0 Å². The molecule has 1 aliphatic heterocycles. The molecule has 142 valence electrons. The molecule has 1 aliphatic rings. The smallest absolute Gasteiger partial charge is 0.191 e. The van der Waals surface area contributed by atoms with Gasteiger partial charge in [-0.15, -0.1) is 22.7 Å². The summed E-state index contributed by atoms with van der Waals surface area (Å²) < 4.78 is 0. The Hall–Kier alpha value is -1.44. The van der Waals surface area contributed by atoms with Crippen LogP contribution in [-0.2, 0) is 19.4 Å². The van der Waals surface area contributed by atoms with Crippen LogP contribution in [0.25, 0.3) is 0 Å². The van der Waals surface area contributed by atoms with E-state index < -0.39 is 0 Å². The molecule has 0 saturated heterocycles. The lowest BCUT2D eigenvalue weighted by Crippen LogP contribution is -2.47. The summed E-state index contributed by atoms with van der Waals surface area (Å²) in [6.45, 7) is 10.5. The second kappa shape index (κ2) is 8.97. The van der Waals surface area contributed by atoms with Crippen molar-refractivity contribution in [2.24, 2.45) is 4.99 Å². The number of hydrogen-bond acceptors (Lipinski definition) is 5. The van der Waals surface area contributed by atoms with Crippen LogP contribution in [0.15, 0.2) is 16.4 Å². The average molecular weight is 392 g/mol. The SMILES string of the molecule is CN=C(NCCc1nc(C)c(C)s1)NCC(C)N1CCc2sccc2C1. The van der Waals surface area contributed by atoms with Crippen molar-refractivity contribution in [2.45, 2.75) is 46.2 Å². The van der Waals surface area contributed by atoms with Gasteiger partial charge in [-0.05, 0) is 44.2 Å². The largest absolute Gasteiger partial charge is 0.356 e. The van der Waals surface area contributed by atoms with Crippen LogP contribution in [0.2, 0.25) is 0 Å². The Labute approximate surface area is 164 Å². The van der Waals surface area contributed by atoms with Gasteiger partial charge >= 0.3 is 0 Å². The number of aryl methyl sites for hydroxylation is 2. The molecule has 0 aromatic carbocycles. The second-order valence-electron chi connectivity index (χ2n) is 6.82. The Balaban J connectivity index is 1.41. The fourth-order valence-corrected chi connectivity index (χ4v) is 5.00. The molecule has 3 rings (SSSR count). The fraction of sp³-hybridized carbons (Fsp3) is 0.579. The quantitative estimate of drug-likeness (QED) is 0.587. The van der Waals surface area contributed by atoms with Gasteiger partial charge in [0.1, 0.15) is 0 Å². The van der Waals surface area contributed by atoms with Crippen molar-refractivity contribution >= 4 is 28.6 Å². The van der Waals surface area contributed by atoms with Crippen molar-refractivity contribution in [3.05, 3.63) is 37.5 Å². The minimum Gasteiger partial charge on any atom is -0.356 e. The third kappa shape index (κ3) is 4.84. The monoisotopic (exact) mass is 391 g/mol. The summed E-state index contributed by atoms with van der Waals surface area (Å²) in [6.07, 6.45) is 2.11. The lowest BCUT2D eigenvalue weighted by Gasteiger charge is -2.32. The summed E-state index contributed by atoms with van der Waals surface area (Å²) in [5, 5.41) is 10.3. The Morgan fingerprint density at radius 1 is 1.38 bits per heavy atom. The number of nitrogens with one attached hydrogen (secondary N) is 2. The molecule has 0 amide bonds. The van der Waals surface area contributed by atoms with Crippen molar-refractivity contribution < 1.29 is 0 Å². The normalized spacial score (nSPS) is 16.4. The van der Waals surface area contributed by atoms with Crippen LogP contribution in [-0.4, -0.2) is 48.6 Å². The van der Waals surface area contributed by atoms with Crippen LogP contribution >= 0.6 is 22.7 Å². The van der Waals surface area contributed by atoms with Gasteiger partial charge in [0.15, 0.2) is 5.96 Å². The van der Waals surface area contributed by atoms with Crippen LogP contribution in [0.5, 0.6) is 0 Å². The van der Waals surface area contributed by atoms with Crippen LogP contribution in [0.1, 0.15) is 32.9 Å². The highest BCUT2D eigenvalue weighted by Gasteiger charge is 2.21. The minimum absolute atomic E-state index is 0.478. The molecule has 5 nitrogen and oxygen atoms in total. The van der Waals surface area contributed by atoms with Crippen molar-refractivity contribution in [2.75, 3.05) is 26.7 Å². The zero-order chi connectivity index (χ0) is 18.5. The molecule has 3 heterocycles. The van der Waals surface area contributed by atoms with Crippen molar-refractivity contribution in [1.29, 1.82) is 0 Å². The lowest BCUT2D eigenvalue weighted by molar-refractivity contribution is 0.192. The molecule has 26 heavy (non-hydrogen) atoms. The summed E-state index contributed by atoms with van der Waals surface area (Å²) in [6, 6.07) is 2.75. The predicted molar refractivity (Wildman–Crippen MR) is 113 cm³/mol. The molecule has 0 saturated carbocycles. The minimum atomic E-state index is 0.478. The number of hydrogen-bond donors (Lipinski definition) is 2. The number of fused-ring (bicyclic) bond motifs is 1. The van der Waals surface area contributed by atoms with Crippen molar-refractivity contribution in [1.82, 2.24) is 20.5 Å². The van der Waals surface area contributed by atoms with Crippen molar-refractivity contribution in [3.8, 4) is 0 Å². The maximum Gasteiger partial charge on any atom is 0.191 e. The molecule has 0 radical (unpaired) electrons. The Morgan fingerprint density at radius 3 is 2.96 bits per heavy atom. The van der Waals surface area contributed by atoms with E-state index in [0.29, 0.717) is 6.04 Å². The first-order valence-electron chi connectivity index (χ1n) is 9.23. The molecule has 0 spiro atoms. The fourth-order valence-electron chi connectivity index (χ4n) is 3.17. The first kappa shape index (κ1) is 19.3. The van der Waals surface area contributed by atoms with E-state index in [9.17, 15) is 0 Å². The van der Waals surface area contributed by atoms with Gasteiger partial charge in [-0.1, -0.05) is 0 Å². The topological polar surface area (TPSA) is 52.6 Å². The highest BCUT2D eigenvalue weighted by Crippen LogP contribution is 2.24. The predicted octanol–water partition coefficient (Wildman–Crippen LogP) is 2.98. The number of thiophene rings is 1. The van der Waals surface area contributed by atoms with Gasteiger partial charge in [-0.3, -0.25) is 9.89 Å². The Morgan fingerprint density at radius 2 is 2.23 bits per heavy atom. The number of thiazole rings is 1. The van der Waals surface area contributed by atoms with Gasteiger partial charge < -0.3 is 10.6 Å². The molecule has 2 aromatic heterocycles. The summed E-state index contributed by atoms with van der Waals surface area (Å²) in [7, 11) is 1.83. The third-order valence-electron chi connectivity index (χ3n) is 4.95.